The molecule has 2 aromatic rings. The number of rotatable bonds is 4. The molecule has 0 aliphatic rings. The van der Waals surface area contributed by atoms with Gasteiger partial charge < -0.3 is 4.84 Å². The van der Waals surface area contributed by atoms with Crippen LogP contribution in [-0.2, 0) is 11.4 Å². The largest absolute Gasteiger partial charge is 0.391 e. The van der Waals surface area contributed by atoms with Crippen LogP contribution in [0, 0.1) is 0 Å². The van der Waals surface area contributed by atoms with Gasteiger partial charge in [-0.1, -0.05) is 63.7 Å². The van der Waals surface area contributed by atoms with Gasteiger partial charge in [0.15, 0.2) is 0 Å². The van der Waals surface area contributed by atoms with Gasteiger partial charge in [-0.05, 0) is 24.3 Å². The Hall–Kier alpha value is -0.930. The van der Waals surface area contributed by atoms with E-state index in [0.29, 0.717) is 31.2 Å². The Morgan fingerprint density at radius 2 is 1.65 bits per heavy atom. The minimum Gasteiger partial charge on any atom is -0.391 e. The van der Waals surface area contributed by atoms with E-state index in [2.05, 4.69) is 5.16 Å². The summed E-state index contributed by atoms with van der Waals surface area (Å²) >= 11 is 23.8. The van der Waals surface area contributed by atoms with Crippen molar-refractivity contribution in [1.82, 2.24) is 0 Å². The first-order chi connectivity index (χ1) is 9.58. The molecule has 2 nitrogen and oxygen atoms in total. The lowest BCUT2D eigenvalue weighted by Crippen LogP contribution is -1.91. The van der Waals surface area contributed by atoms with E-state index in [1.165, 1.54) is 6.21 Å². The highest BCUT2D eigenvalue weighted by atomic mass is 35.5. The van der Waals surface area contributed by atoms with Gasteiger partial charge in [0.2, 0.25) is 0 Å². The Labute approximate surface area is 136 Å². The lowest BCUT2D eigenvalue weighted by atomic mass is 10.2. The van der Waals surface area contributed by atoms with Crippen LogP contribution in [0.5, 0.6) is 0 Å². The van der Waals surface area contributed by atoms with Crippen LogP contribution >= 0.6 is 46.4 Å². The maximum absolute atomic E-state index is 6.02. The number of nitrogens with zero attached hydrogens (tertiary/aromatic N) is 1. The smallest absolute Gasteiger partial charge is 0.145 e. The summed E-state index contributed by atoms with van der Waals surface area (Å²) in [4.78, 5) is 5.18. The molecular formula is C14H9Cl4NO. The van der Waals surface area contributed by atoms with Crippen LogP contribution in [0.3, 0.4) is 0 Å². The third kappa shape index (κ3) is 4.03. The summed E-state index contributed by atoms with van der Waals surface area (Å²) in [5, 5.41) is 5.98. The monoisotopic (exact) mass is 347 g/mol. The van der Waals surface area contributed by atoms with Gasteiger partial charge in [0, 0.05) is 26.2 Å². The molecule has 0 amide bonds. The number of benzene rings is 2. The molecule has 2 rings (SSSR count). The van der Waals surface area contributed by atoms with Gasteiger partial charge in [-0.15, -0.1) is 0 Å². The molecule has 0 spiro atoms. The van der Waals surface area contributed by atoms with E-state index in [0.717, 1.165) is 0 Å². The molecule has 0 radical (unpaired) electrons. The van der Waals surface area contributed by atoms with Gasteiger partial charge in [0.25, 0.3) is 0 Å². The minimum atomic E-state index is 0.181. The Balaban J connectivity index is 2.01. The Morgan fingerprint density at radius 1 is 0.950 bits per heavy atom. The van der Waals surface area contributed by atoms with Crippen LogP contribution in [0.4, 0.5) is 0 Å². The normalized spacial score (nSPS) is 11.0. The predicted octanol–water partition coefficient (Wildman–Crippen LogP) is 5.85. The van der Waals surface area contributed by atoms with Gasteiger partial charge in [0.1, 0.15) is 6.61 Å². The zero-order valence-corrected chi connectivity index (χ0v) is 13.1. The van der Waals surface area contributed by atoms with Crippen molar-refractivity contribution in [3.63, 3.8) is 0 Å². The Morgan fingerprint density at radius 3 is 2.30 bits per heavy atom. The molecule has 0 saturated heterocycles. The molecule has 104 valence electrons. The summed E-state index contributed by atoms with van der Waals surface area (Å²) in [5.74, 6) is 0. The summed E-state index contributed by atoms with van der Waals surface area (Å²) < 4.78 is 0. The Bertz CT molecular complexity index is 623. The number of hydrogen-bond donors (Lipinski definition) is 0. The molecule has 0 heterocycles. The topological polar surface area (TPSA) is 21.6 Å². The van der Waals surface area contributed by atoms with Crippen molar-refractivity contribution in [2.24, 2.45) is 5.16 Å². The maximum Gasteiger partial charge on any atom is 0.145 e. The first-order valence-corrected chi connectivity index (χ1v) is 7.12. The standard InChI is InChI=1S/C14H9Cl4NO/c15-10-5-4-9(14(18)6-10)7-19-20-8-11-12(16)2-1-3-13(11)17/h1-7H,8H2/b19-7+. The lowest BCUT2D eigenvalue weighted by molar-refractivity contribution is 0.132. The van der Waals surface area contributed by atoms with E-state index in [1.807, 2.05) is 0 Å². The fourth-order valence-corrected chi connectivity index (χ4v) is 2.44. The third-order valence-electron chi connectivity index (χ3n) is 2.50. The van der Waals surface area contributed by atoms with Crippen LogP contribution in [0.15, 0.2) is 41.6 Å². The fraction of sp³-hybridized carbons (Fsp3) is 0.0714. The summed E-state index contributed by atoms with van der Waals surface area (Å²) in [5.41, 5.74) is 1.40. The summed E-state index contributed by atoms with van der Waals surface area (Å²) in [7, 11) is 0. The van der Waals surface area contributed by atoms with Crippen molar-refractivity contribution in [1.29, 1.82) is 0 Å². The van der Waals surface area contributed by atoms with Gasteiger partial charge in [-0.3, -0.25) is 0 Å². The third-order valence-corrected chi connectivity index (χ3v) is 3.77. The highest BCUT2D eigenvalue weighted by Crippen LogP contribution is 2.25. The fourth-order valence-electron chi connectivity index (χ4n) is 1.47. The lowest BCUT2D eigenvalue weighted by Gasteiger charge is -2.05. The quantitative estimate of drug-likeness (QED) is 0.501. The molecule has 2 aromatic carbocycles. The van der Waals surface area contributed by atoms with Crippen molar-refractivity contribution >= 4 is 52.6 Å². The molecule has 6 heteroatoms. The average Bonchev–Trinajstić information content (AvgIpc) is 2.39. The average molecular weight is 349 g/mol. The van der Waals surface area contributed by atoms with E-state index >= 15 is 0 Å². The van der Waals surface area contributed by atoms with Gasteiger partial charge in [-0.2, -0.15) is 0 Å². The SMILES string of the molecule is Clc1ccc(/C=N/OCc2c(Cl)cccc2Cl)c(Cl)c1. The van der Waals surface area contributed by atoms with E-state index in [4.69, 9.17) is 51.2 Å². The Kier molecular flexibility index (Phi) is 5.55. The van der Waals surface area contributed by atoms with Crippen molar-refractivity contribution in [3.8, 4) is 0 Å². The van der Waals surface area contributed by atoms with Crippen LogP contribution in [0.1, 0.15) is 11.1 Å². The molecular weight excluding hydrogens is 340 g/mol. The molecule has 0 N–H and O–H groups in total. The summed E-state index contributed by atoms with van der Waals surface area (Å²) in [6, 6.07) is 10.4. The number of halogens is 4. The molecule has 0 aliphatic heterocycles. The highest BCUT2D eigenvalue weighted by molar-refractivity contribution is 6.36. The molecule has 0 fully saturated rings. The second-order valence-corrected chi connectivity index (χ2v) is 5.53. The zero-order valence-electron chi connectivity index (χ0n) is 10.1. The molecule has 0 aliphatic carbocycles. The van der Waals surface area contributed by atoms with Crippen LogP contribution in [0.2, 0.25) is 20.1 Å². The number of hydrogen-bond acceptors (Lipinski definition) is 2. The van der Waals surface area contributed by atoms with Gasteiger partial charge >= 0.3 is 0 Å². The number of oxime groups is 1. The van der Waals surface area contributed by atoms with Crippen LogP contribution in [-0.4, -0.2) is 6.21 Å². The zero-order chi connectivity index (χ0) is 14.5. The van der Waals surface area contributed by atoms with E-state index < -0.39 is 0 Å². The van der Waals surface area contributed by atoms with Gasteiger partial charge in [-0.25, -0.2) is 0 Å². The molecule has 0 bridgehead atoms. The molecule has 0 aromatic heterocycles. The maximum atomic E-state index is 6.02. The van der Waals surface area contributed by atoms with E-state index in [1.54, 1.807) is 36.4 Å². The predicted molar refractivity (Wildman–Crippen MR) is 85.3 cm³/mol. The van der Waals surface area contributed by atoms with Crippen molar-refractivity contribution in [3.05, 3.63) is 67.6 Å². The van der Waals surface area contributed by atoms with E-state index in [-0.39, 0.29) is 6.61 Å². The van der Waals surface area contributed by atoms with Crippen LogP contribution < -0.4 is 0 Å². The second kappa shape index (κ2) is 7.19. The molecule has 20 heavy (non-hydrogen) atoms. The van der Waals surface area contributed by atoms with E-state index in [9.17, 15) is 0 Å². The molecule has 0 unspecified atom stereocenters. The molecule has 0 saturated carbocycles. The first-order valence-electron chi connectivity index (χ1n) is 5.61. The second-order valence-electron chi connectivity index (χ2n) is 3.87. The van der Waals surface area contributed by atoms with Crippen LogP contribution in [0.25, 0.3) is 0 Å². The summed E-state index contributed by atoms with van der Waals surface area (Å²) in [6.45, 7) is 0.181. The van der Waals surface area contributed by atoms with Crippen molar-refractivity contribution in [2.45, 2.75) is 6.61 Å². The minimum absolute atomic E-state index is 0.181. The van der Waals surface area contributed by atoms with Crippen molar-refractivity contribution < 1.29 is 4.84 Å². The highest BCUT2D eigenvalue weighted by Gasteiger charge is 2.05. The molecule has 0 atom stereocenters. The summed E-state index contributed by atoms with van der Waals surface area (Å²) in [6.07, 6.45) is 1.50. The van der Waals surface area contributed by atoms with Gasteiger partial charge in [0.05, 0.1) is 11.2 Å². The first kappa shape index (κ1) is 15.5. The van der Waals surface area contributed by atoms with Crippen molar-refractivity contribution in [2.75, 3.05) is 0 Å².